The van der Waals surface area contributed by atoms with Crippen molar-refractivity contribution in [2.24, 2.45) is 0 Å². The molecule has 0 saturated heterocycles. The van der Waals surface area contributed by atoms with Crippen molar-refractivity contribution in [3.05, 3.63) is 97.6 Å². The zero-order chi connectivity index (χ0) is 22.1. The second-order valence-corrected chi connectivity index (χ2v) is 8.09. The zero-order valence-electron chi connectivity index (χ0n) is 16.9. The molecule has 1 aromatic heterocycles. The van der Waals surface area contributed by atoms with E-state index in [9.17, 15) is 9.59 Å². The first-order valence-electron chi connectivity index (χ1n) is 9.59. The van der Waals surface area contributed by atoms with Crippen LogP contribution in [-0.2, 0) is 0 Å². The van der Waals surface area contributed by atoms with E-state index in [2.05, 4.69) is 0 Å². The summed E-state index contributed by atoms with van der Waals surface area (Å²) in [5.74, 6) is -0.145. The second kappa shape index (κ2) is 8.58. The van der Waals surface area contributed by atoms with Crippen LogP contribution in [0.15, 0.2) is 69.9 Å². The molecule has 4 aromatic rings. The van der Waals surface area contributed by atoms with Gasteiger partial charge in [-0.05, 0) is 67.4 Å². The average molecular weight is 453 g/mol. The fourth-order valence-corrected chi connectivity index (χ4v) is 3.79. The van der Waals surface area contributed by atoms with Gasteiger partial charge in [0.1, 0.15) is 5.58 Å². The highest BCUT2D eigenvalue weighted by atomic mass is 35.5. The van der Waals surface area contributed by atoms with E-state index >= 15 is 0 Å². The smallest absolute Gasteiger partial charge is 0.235 e. The lowest BCUT2D eigenvalue weighted by Crippen LogP contribution is -2.17. The maximum atomic E-state index is 13.4. The van der Waals surface area contributed by atoms with Crippen LogP contribution in [0.1, 0.15) is 21.5 Å². The van der Waals surface area contributed by atoms with Crippen LogP contribution in [-0.4, -0.2) is 12.4 Å². The molecule has 0 unspecified atom stereocenters. The van der Waals surface area contributed by atoms with Crippen molar-refractivity contribution in [3.63, 3.8) is 0 Å². The second-order valence-electron chi connectivity index (χ2n) is 7.25. The Morgan fingerprint density at radius 1 is 1.00 bits per heavy atom. The Balaban J connectivity index is 1.84. The van der Waals surface area contributed by atoms with Crippen LogP contribution in [0.4, 0.5) is 0 Å². The summed E-state index contributed by atoms with van der Waals surface area (Å²) in [6.07, 6.45) is 0. The quantitative estimate of drug-likeness (QED) is 0.318. The van der Waals surface area contributed by atoms with Crippen LogP contribution >= 0.6 is 23.2 Å². The Hall–Kier alpha value is -3.08. The fourth-order valence-electron chi connectivity index (χ4n) is 3.44. The molecule has 0 bridgehead atoms. The molecule has 3 aromatic carbocycles. The molecular formula is C25H18Cl2O4. The SMILES string of the molecule is Cc1cc(C)c2oc(-c3ccccc3Cl)c(OCC(=O)c3ccc(Cl)cc3)c(=O)c2c1. The number of carbonyl (C=O) groups excluding carboxylic acids is 1. The highest BCUT2D eigenvalue weighted by Gasteiger charge is 2.21. The van der Waals surface area contributed by atoms with Crippen molar-refractivity contribution in [3.8, 4) is 17.1 Å². The normalized spacial score (nSPS) is 11.0. The largest absolute Gasteiger partial charge is 0.478 e. The van der Waals surface area contributed by atoms with Gasteiger partial charge < -0.3 is 9.15 Å². The Bertz CT molecular complexity index is 1350. The molecule has 0 amide bonds. The number of benzene rings is 3. The van der Waals surface area contributed by atoms with Gasteiger partial charge in [0, 0.05) is 16.1 Å². The maximum Gasteiger partial charge on any atom is 0.235 e. The average Bonchev–Trinajstić information content (AvgIpc) is 2.74. The molecular weight excluding hydrogens is 435 g/mol. The van der Waals surface area contributed by atoms with Crippen molar-refractivity contribution in [1.82, 2.24) is 0 Å². The third-order valence-corrected chi connectivity index (χ3v) is 5.49. The minimum atomic E-state index is -0.355. The van der Waals surface area contributed by atoms with Gasteiger partial charge in [-0.2, -0.15) is 0 Å². The summed E-state index contributed by atoms with van der Waals surface area (Å²) in [5, 5.41) is 1.32. The molecule has 0 aliphatic rings. The molecule has 0 fully saturated rings. The Kier molecular flexibility index (Phi) is 5.86. The van der Waals surface area contributed by atoms with Gasteiger partial charge in [-0.1, -0.05) is 41.4 Å². The van der Waals surface area contributed by atoms with Gasteiger partial charge in [-0.25, -0.2) is 0 Å². The van der Waals surface area contributed by atoms with Gasteiger partial charge in [-0.3, -0.25) is 9.59 Å². The third-order valence-electron chi connectivity index (χ3n) is 4.91. The van der Waals surface area contributed by atoms with Gasteiger partial charge >= 0.3 is 0 Å². The third kappa shape index (κ3) is 4.22. The molecule has 0 N–H and O–H groups in total. The van der Waals surface area contributed by atoms with Crippen LogP contribution in [0, 0.1) is 13.8 Å². The number of fused-ring (bicyclic) bond motifs is 1. The summed E-state index contributed by atoms with van der Waals surface area (Å²) in [4.78, 5) is 26.0. The van der Waals surface area contributed by atoms with Gasteiger partial charge in [-0.15, -0.1) is 0 Å². The number of ether oxygens (including phenoxy) is 1. The first-order chi connectivity index (χ1) is 14.8. The van der Waals surface area contributed by atoms with Gasteiger partial charge in [0.15, 0.2) is 18.2 Å². The lowest BCUT2D eigenvalue weighted by molar-refractivity contribution is 0.0920. The molecule has 0 spiro atoms. The molecule has 156 valence electrons. The van der Waals surface area contributed by atoms with E-state index in [-0.39, 0.29) is 29.3 Å². The van der Waals surface area contributed by atoms with E-state index in [1.807, 2.05) is 19.9 Å². The van der Waals surface area contributed by atoms with Crippen LogP contribution in [0.2, 0.25) is 10.0 Å². The molecule has 4 rings (SSSR count). The minimum absolute atomic E-state index is 0.0482. The van der Waals surface area contributed by atoms with Crippen molar-refractivity contribution >= 4 is 40.0 Å². The molecule has 1 heterocycles. The van der Waals surface area contributed by atoms with Crippen molar-refractivity contribution < 1.29 is 13.9 Å². The lowest BCUT2D eigenvalue weighted by Gasteiger charge is -2.13. The fraction of sp³-hybridized carbons (Fsp3) is 0.120. The summed E-state index contributed by atoms with van der Waals surface area (Å²) >= 11 is 12.3. The summed E-state index contributed by atoms with van der Waals surface area (Å²) in [5.41, 5.74) is 2.79. The standard InChI is InChI=1S/C25H18Cl2O4/c1-14-11-15(2)23-19(12-14)22(29)25(24(31-23)18-5-3-4-6-20(18)27)30-13-21(28)16-7-9-17(26)10-8-16/h3-12H,13H2,1-2H3. The monoisotopic (exact) mass is 452 g/mol. The first kappa shape index (κ1) is 21.2. The molecule has 6 heteroatoms. The predicted octanol–water partition coefficient (Wildman–Crippen LogP) is 6.65. The molecule has 0 aliphatic carbocycles. The van der Waals surface area contributed by atoms with Gasteiger partial charge in [0.25, 0.3) is 0 Å². The number of hydrogen-bond donors (Lipinski definition) is 0. The Morgan fingerprint density at radius 3 is 2.42 bits per heavy atom. The van der Waals surface area contributed by atoms with E-state index in [1.165, 1.54) is 0 Å². The summed E-state index contributed by atoms with van der Waals surface area (Å²) in [6, 6.07) is 17.2. The van der Waals surface area contributed by atoms with E-state index in [0.29, 0.717) is 32.1 Å². The van der Waals surface area contributed by atoms with Crippen molar-refractivity contribution in [2.45, 2.75) is 13.8 Å². The number of halogens is 2. The van der Waals surface area contributed by atoms with Crippen LogP contribution in [0.25, 0.3) is 22.3 Å². The molecule has 0 radical (unpaired) electrons. The molecule has 4 nitrogen and oxygen atoms in total. The number of Topliss-reactive ketones (excluding diaryl/α,β-unsaturated/α-hetero) is 1. The number of hydrogen-bond acceptors (Lipinski definition) is 4. The Labute approximate surface area is 189 Å². The molecule has 0 atom stereocenters. The van der Waals surface area contributed by atoms with Gasteiger partial charge in [0.2, 0.25) is 11.2 Å². The zero-order valence-corrected chi connectivity index (χ0v) is 18.4. The first-order valence-corrected chi connectivity index (χ1v) is 10.4. The lowest BCUT2D eigenvalue weighted by atomic mass is 10.1. The van der Waals surface area contributed by atoms with E-state index in [0.717, 1.165) is 11.1 Å². The highest BCUT2D eigenvalue weighted by molar-refractivity contribution is 6.33. The summed E-state index contributed by atoms with van der Waals surface area (Å²) in [7, 11) is 0. The number of carbonyl (C=O) groups is 1. The van der Waals surface area contributed by atoms with Crippen LogP contribution in [0.3, 0.4) is 0 Å². The molecule has 0 aliphatic heterocycles. The highest BCUT2D eigenvalue weighted by Crippen LogP contribution is 2.36. The van der Waals surface area contributed by atoms with E-state index in [1.54, 1.807) is 54.6 Å². The van der Waals surface area contributed by atoms with Crippen LogP contribution in [0.5, 0.6) is 5.75 Å². The summed E-state index contributed by atoms with van der Waals surface area (Å²) in [6.45, 7) is 3.44. The van der Waals surface area contributed by atoms with E-state index in [4.69, 9.17) is 32.4 Å². The van der Waals surface area contributed by atoms with Crippen molar-refractivity contribution in [1.29, 1.82) is 0 Å². The van der Waals surface area contributed by atoms with Crippen molar-refractivity contribution in [2.75, 3.05) is 6.61 Å². The Morgan fingerprint density at radius 2 is 1.71 bits per heavy atom. The minimum Gasteiger partial charge on any atom is -0.478 e. The number of ketones is 1. The predicted molar refractivity (Wildman–Crippen MR) is 124 cm³/mol. The van der Waals surface area contributed by atoms with Gasteiger partial charge in [0.05, 0.1) is 10.4 Å². The van der Waals surface area contributed by atoms with E-state index < -0.39 is 0 Å². The molecule has 31 heavy (non-hydrogen) atoms. The number of aryl methyl sites for hydroxylation is 2. The topological polar surface area (TPSA) is 56.5 Å². The number of rotatable bonds is 5. The maximum absolute atomic E-state index is 13.4. The summed E-state index contributed by atoms with van der Waals surface area (Å²) < 4.78 is 11.9. The van der Waals surface area contributed by atoms with Crippen LogP contribution < -0.4 is 10.2 Å². The molecule has 0 saturated carbocycles.